The van der Waals surface area contributed by atoms with Crippen LogP contribution in [0.1, 0.15) is 19.5 Å². The van der Waals surface area contributed by atoms with Gasteiger partial charge in [-0.05, 0) is 12.1 Å². The number of aryl methyl sites for hydroxylation is 1. The van der Waals surface area contributed by atoms with Crippen molar-refractivity contribution in [2.45, 2.75) is 26.2 Å². The molecule has 0 radical (unpaired) electrons. The summed E-state index contributed by atoms with van der Waals surface area (Å²) in [5, 5.41) is 11.2. The zero-order valence-electron chi connectivity index (χ0n) is 11.2. The average molecular weight is 260 g/mol. The third-order valence-corrected chi connectivity index (χ3v) is 2.78. The number of rotatable bonds is 3. The normalized spacial score (nSPS) is 15.5. The first-order chi connectivity index (χ1) is 9.02. The fourth-order valence-electron chi connectivity index (χ4n) is 2.00. The van der Waals surface area contributed by atoms with Gasteiger partial charge in [-0.2, -0.15) is 0 Å². The van der Waals surface area contributed by atoms with Crippen molar-refractivity contribution in [2.24, 2.45) is 7.05 Å². The first-order valence-electron chi connectivity index (χ1n) is 6.13. The van der Waals surface area contributed by atoms with Crippen LogP contribution in [0.4, 0.5) is 5.69 Å². The minimum atomic E-state index is -0.591. The third-order valence-electron chi connectivity index (χ3n) is 2.78. The highest BCUT2D eigenvalue weighted by Crippen LogP contribution is 2.40. The van der Waals surface area contributed by atoms with E-state index >= 15 is 0 Å². The van der Waals surface area contributed by atoms with E-state index in [9.17, 15) is 0 Å². The molecule has 0 fully saturated rings. The van der Waals surface area contributed by atoms with E-state index in [0.29, 0.717) is 6.54 Å². The Labute approximate surface area is 111 Å². The molecule has 100 valence electrons. The first-order valence-corrected chi connectivity index (χ1v) is 6.13. The molecule has 1 N–H and O–H groups in total. The number of hydrogen-bond donors (Lipinski definition) is 1. The van der Waals surface area contributed by atoms with E-state index in [2.05, 4.69) is 15.6 Å². The summed E-state index contributed by atoms with van der Waals surface area (Å²) in [4.78, 5) is 0. The lowest BCUT2D eigenvalue weighted by molar-refractivity contribution is -0.0431. The minimum Gasteiger partial charge on any atom is -0.449 e. The van der Waals surface area contributed by atoms with Crippen molar-refractivity contribution in [2.75, 3.05) is 5.32 Å². The van der Waals surface area contributed by atoms with Gasteiger partial charge in [0.15, 0.2) is 11.5 Å². The highest BCUT2D eigenvalue weighted by Gasteiger charge is 2.31. The number of hydrogen-bond acceptors (Lipinski definition) is 5. The summed E-state index contributed by atoms with van der Waals surface area (Å²) in [7, 11) is 1.85. The maximum Gasteiger partial charge on any atom is 0.246 e. The molecule has 1 aliphatic heterocycles. The van der Waals surface area contributed by atoms with Crippen LogP contribution < -0.4 is 14.8 Å². The Hall–Kier alpha value is -2.24. The minimum absolute atomic E-state index is 0.591. The topological polar surface area (TPSA) is 61.2 Å². The van der Waals surface area contributed by atoms with Crippen LogP contribution in [0.15, 0.2) is 24.4 Å². The second-order valence-corrected chi connectivity index (χ2v) is 5.00. The predicted octanol–water partition coefficient (Wildman–Crippen LogP) is 1.93. The molecule has 3 rings (SSSR count). The molecule has 0 saturated carbocycles. The second kappa shape index (κ2) is 4.15. The number of nitrogens with one attached hydrogen (secondary N) is 1. The molecule has 1 aromatic heterocycles. The van der Waals surface area contributed by atoms with Crippen molar-refractivity contribution >= 4 is 5.69 Å². The number of aromatic nitrogens is 3. The van der Waals surface area contributed by atoms with Gasteiger partial charge in [0.25, 0.3) is 0 Å². The van der Waals surface area contributed by atoms with Crippen molar-refractivity contribution in [1.82, 2.24) is 15.0 Å². The fraction of sp³-hybridized carbons (Fsp3) is 0.385. The van der Waals surface area contributed by atoms with E-state index in [1.165, 1.54) is 0 Å². The quantitative estimate of drug-likeness (QED) is 0.913. The van der Waals surface area contributed by atoms with Crippen LogP contribution in [0.25, 0.3) is 0 Å². The van der Waals surface area contributed by atoms with Gasteiger partial charge in [0.1, 0.15) is 5.69 Å². The van der Waals surface area contributed by atoms with Crippen LogP contribution in [0.5, 0.6) is 11.5 Å². The van der Waals surface area contributed by atoms with Gasteiger partial charge in [-0.3, -0.25) is 4.68 Å². The molecule has 0 bridgehead atoms. The maximum absolute atomic E-state index is 5.70. The van der Waals surface area contributed by atoms with Gasteiger partial charge >= 0.3 is 0 Å². The number of fused-ring (bicyclic) bond motifs is 1. The molecule has 2 aromatic rings. The molecule has 6 heteroatoms. The number of anilines is 1. The molecule has 1 aromatic carbocycles. The van der Waals surface area contributed by atoms with Crippen molar-refractivity contribution in [3.63, 3.8) is 0 Å². The molecule has 19 heavy (non-hydrogen) atoms. The second-order valence-electron chi connectivity index (χ2n) is 5.00. The Kier molecular flexibility index (Phi) is 2.58. The lowest BCUT2D eigenvalue weighted by Crippen LogP contribution is -2.29. The molecule has 0 aliphatic carbocycles. The molecule has 1 aliphatic rings. The van der Waals surface area contributed by atoms with Crippen LogP contribution in [0, 0.1) is 0 Å². The van der Waals surface area contributed by atoms with Crippen LogP contribution in [0.3, 0.4) is 0 Å². The number of nitrogens with zero attached hydrogens (tertiary/aromatic N) is 3. The average Bonchev–Trinajstić information content (AvgIpc) is 2.87. The van der Waals surface area contributed by atoms with Gasteiger partial charge in [0.2, 0.25) is 5.79 Å². The molecule has 0 unspecified atom stereocenters. The SMILES string of the molecule is Cn1cc(CNc2ccc3c(c2)OC(C)(C)O3)nn1. The molecular formula is C13H16N4O2. The highest BCUT2D eigenvalue weighted by atomic mass is 16.7. The summed E-state index contributed by atoms with van der Waals surface area (Å²) in [5.41, 5.74) is 1.85. The lowest BCUT2D eigenvalue weighted by Gasteiger charge is -2.16. The molecule has 0 amide bonds. The Balaban J connectivity index is 1.70. The lowest BCUT2D eigenvalue weighted by atomic mass is 10.2. The zero-order chi connectivity index (χ0) is 13.5. The fourth-order valence-corrected chi connectivity index (χ4v) is 2.00. The zero-order valence-corrected chi connectivity index (χ0v) is 11.2. The Morgan fingerprint density at radius 1 is 1.26 bits per heavy atom. The molecule has 0 spiro atoms. The standard InChI is InChI=1S/C13H16N4O2/c1-13(2)18-11-5-4-9(6-12(11)19-13)14-7-10-8-17(3)16-15-10/h4-6,8,14H,7H2,1-3H3. The van der Waals surface area contributed by atoms with Crippen LogP contribution in [-0.4, -0.2) is 20.8 Å². The predicted molar refractivity (Wildman–Crippen MR) is 70.1 cm³/mol. The molecule has 0 saturated heterocycles. The van der Waals surface area contributed by atoms with Gasteiger partial charge in [0, 0.05) is 38.8 Å². The maximum atomic E-state index is 5.70. The summed E-state index contributed by atoms with van der Waals surface area (Å²) in [6, 6.07) is 5.80. The summed E-state index contributed by atoms with van der Waals surface area (Å²) in [6.45, 7) is 4.40. The van der Waals surface area contributed by atoms with E-state index in [0.717, 1.165) is 22.9 Å². The molecular weight excluding hydrogens is 244 g/mol. The van der Waals surface area contributed by atoms with Crippen molar-refractivity contribution in [1.29, 1.82) is 0 Å². The molecule has 0 atom stereocenters. The van der Waals surface area contributed by atoms with Crippen LogP contribution in [-0.2, 0) is 13.6 Å². The Morgan fingerprint density at radius 2 is 2.05 bits per heavy atom. The van der Waals surface area contributed by atoms with E-state index in [-0.39, 0.29) is 0 Å². The molecule has 2 heterocycles. The summed E-state index contributed by atoms with van der Waals surface area (Å²) < 4.78 is 13.0. The third kappa shape index (κ3) is 2.47. The van der Waals surface area contributed by atoms with E-state index < -0.39 is 5.79 Å². The van der Waals surface area contributed by atoms with Crippen molar-refractivity contribution < 1.29 is 9.47 Å². The number of benzene rings is 1. The van der Waals surface area contributed by atoms with E-state index in [1.807, 2.05) is 45.3 Å². The van der Waals surface area contributed by atoms with Gasteiger partial charge < -0.3 is 14.8 Å². The van der Waals surface area contributed by atoms with E-state index in [4.69, 9.17) is 9.47 Å². The van der Waals surface area contributed by atoms with Crippen LogP contribution >= 0.6 is 0 Å². The monoisotopic (exact) mass is 260 g/mol. The number of ether oxygens (including phenoxy) is 2. The van der Waals surface area contributed by atoms with Gasteiger partial charge in [-0.15, -0.1) is 5.10 Å². The Bertz CT molecular complexity index is 606. The highest BCUT2D eigenvalue weighted by molar-refractivity contribution is 5.56. The summed E-state index contributed by atoms with van der Waals surface area (Å²) >= 11 is 0. The molecule has 6 nitrogen and oxygen atoms in total. The van der Waals surface area contributed by atoms with Gasteiger partial charge in [0.05, 0.1) is 6.54 Å². The van der Waals surface area contributed by atoms with Crippen molar-refractivity contribution in [3.8, 4) is 11.5 Å². The van der Waals surface area contributed by atoms with Crippen molar-refractivity contribution in [3.05, 3.63) is 30.1 Å². The van der Waals surface area contributed by atoms with Gasteiger partial charge in [-0.1, -0.05) is 5.21 Å². The summed E-state index contributed by atoms with van der Waals surface area (Å²) in [5.74, 6) is 0.940. The Morgan fingerprint density at radius 3 is 2.79 bits per heavy atom. The summed E-state index contributed by atoms with van der Waals surface area (Å²) in [6.07, 6.45) is 1.88. The van der Waals surface area contributed by atoms with Gasteiger partial charge in [-0.25, -0.2) is 0 Å². The first kappa shape index (κ1) is 11.8. The smallest absolute Gasteiger partial charge is 0.246 e. The largest absolute Gasteiger partial charge is 0.449 e. The van der Waals surface area contributed by atoms with E-state index in [1.54, 1.807) is 4.68 Å². The van der Waals surface area contributed by atoms with Crippen LogP contribution in [0.2, 0.25) is 0 Å².